The molecule has 0 aromatic carbocycles. The summed E-state index contributed by atoms with van der Waals surface area (Å²) in [7, 11) is 0. The van der Waals surface area contributed by atoms with Gasteiger partial charge in [0.2, 0.25) is 0 Å². The van der Waals surface area contributed by atoms with Gasteiger partial charge in [-0.15, -0.1) is 0 Å². The van der Waals surface area contributed by atoms with Crippen LogP contribution in [-0.4, -0.2) is 11.1 Å². The van der Waals surface area contributed by atoms with Crippen LogP contribution in [0.15, 0.2) is 10.6 Å². The van der Waals surface area contributed by atoms with Crippen LogP contribution >= 0.6 is 15.9 Å². The number of carbonyl (C=O) groups is 1. The van der Waals surface area contributed by atoms with Crippen LogP contribution in [0.5, 0.6) is 0 Å². The number of hydrogen-bond donors (Lipinski definition) is 1. The Morgan fingerprint density at radius 2 is 2.08 bits per heavy atom. The zero-order valence-corrected chi connectivity index (χ0v) is 9.81. The Morgan fingerprint density at radius 1 is 1.54 bits per heavy atom. The molecule has 0 aromatic heterocycles. The molecule has 1 unspecified atom stereocenters. The molecule has 1 fully saturated rings. The van der Waals surface area contributed by atoms with Gasteiger partial charge >= 0.3 is 5.97 Å². The summed E-state index contributed by atoms with van der Waals surface area (Å²) >= 11 is 3.30. The summed E-state index contributed by atoms with van der Waals surface area (Å²) < 4.78 is 0. The number of carboxylic acid groups (broad SMARTS) is 1. The third-order valence-electron chi connectivity index (χ3n) is 3.68. The second kappa shape index (κ2) is 3.12. The summed E-state index contributed by atoms with van der Waals surface area (Å²) in [6, 6.07) is 0. The summed E-state index contributed by atoms with van der Waals surface area (Å²) in [5, 5.41) is 9.18. The van der Waals surface area contributed by atoms with E-state index in [1.807, 2.05) is 25.8 Å². The van der Waals surface area contributed by atoms with Gasteiger partial charge in [0, 0.05) is 5.41 Å². The average Bonchev–Trinajstić information content (AvgIpc) is 2.25. The topological polar surface area (TPSA) is 37.3 Å². The smallest absolute Gasteiger partial charge is 0.310 e. The molecule has 0 radical (unpaired) electrons. The first-order chi connectivity index (χ1) is 5.86. The van der Waals surface area contributed by atoms with Crippen LogP contribution in [0.1, 0.15) is 33.6 Å². The first kappa shape index (κ1) is 10.8. The molecule has 1 atom stereocenters. The molecular formula is C10H15BrO2. The van der Waals surface area contributed by atoms with Gasteiger partial charge in [0.1, 0.15) is 0 Å². The van der Waals surface area contributed by atoms with E-state index in [1.54, 1.807) is 0 Å². The van der Waals surface area contributed by atoms with E-state index in [4.69, 9.17) is 0 Å². The second-order valence-electron chi connectivity index (χ2n) is 4.40. The van der Waals surface area contributed by atoms with Gasteiger partial charge in [-0.1, -0.05) is 35.4 Å². The van der Waals surface area contributed by atoms with Crippen molar-refractivity contribution in [2.75, 3.05) is 0 Å². The highest BCUT2D eigenvalue weighted by atomic mass is 79.9. The SMILES string of the molecule is CC1(C(=O)O)CC/C(=C\Br)C1(C)C. The van der Waals surface area contributed by atoms with E-state index >= 15 is 0 Å². The molecule has 0 aromatic rings. The fourth-order valence-corrected chi connectivity index (χ4v) is 2.73. The first-order valence-corrected chi connectivity index (χ1v) is 5.31. The van der Waals surface area contributed by atoms with E-state index in [2.05, 4.69) is 15.9 Å². The Labute approximate surface area is 87.2 Å². The predicted octanol–water partition coefficient (Wildman–Crippen LogP) is 3.18. The molecule has 1 aliphatic rings. The van der Waals surface area contributed by atoms with Gasteiger partial charge in [0.25, 0.3) is 0 Å². The first-order valence-electron chi connectivity index (χ1n) is 4.39. The van der Waals surface area contributed by atoms with Crippen molar-refractivity contribution in [3.63, 3.8) is 0 Å². The zero-order chi connectivity index (χ0) is 10.3. The van der Waals surface area contributed by atoms with Crippen LogP contribution in [0.3, 0.4) is 0 Å². The number of carboxylic acids is 1. The molecule has 3 heteroatoms. The van der Waals surface area contributed by atoms with Gasteiger partial charge in [0.15, 0.2) is 0 Å². The lowest BCUT2D eigenvalue weighted by molar-refractivity contribution is -0.152. The Hall–Kier alpha value is -0.310. The average molecular weight is 247 g/mol. The molecule has 1 N–H and O–H groups in total. The molecule has 13 heavy (non-hydrogen) atoms. The summed E-state index contributed by atoms with van der Waals surface area (Å²) in [4.78, 5) is 13.0. The van der Waals surface area contributed by atoms with Crippen LogP contribution in [0.4, 0.5) is 0 Å². The number of allylic oxidation sites excluding steroid dienone is 1. The molecular weight excluding hydrogens is 232 g/mol. The Morgan fingerprint density at radius 3 is 2.31 bits per heavy atom. The van der Waals surface area contributed by atoms with Crippen molar-refractivity contribution in [2.45, 2.75) is 33.6 Å². The third-order valence-corrected chi connectivity index (χ3v) is 4.23. The van der Waals surface area contributed by atoms with Gasteiger partial charge in [-0.25, -0.2) is 0 Å². The summed E-state index contributed by atoms with van der Waals surface area (Å²) in [5.41, 5.74) is 0.326. The van der Waals surface area contributed by atoms with Crippen molar-refractivity contribution in [2.24, 2.45) is 10.8 Å². The minimum atomic E-state index is -0.693. The lowest BCUT2D eigenvalue weighted by atomic mass is 9.68. The van der Waals surface area contributed by atoms with Crippen LogP contribution in [0.2, 0.25) is 0 Å². The molecule has 0 bridgehead atoms. The molecule has 1 rings (SSSR count). The standard InChI is InChI=1S/C10H15BrO2/c1-9(2)7(6-11)4-5-10(9,3)8(12)13/h6H,4-5H2,1-3H3,(H,12,13)/b7-6+. The monoisotopic (exact) mass is 246 g/mol. The van der Waals surface area contributed by atoms with Crippen LogP contribution in [0, 0.1) is 10.8 Å². The molecule has 0 aliphatic heterocycles. The molecule has 0 saturated heterocycles. The Balaban J connectivity index is 3.14. The Kier molecular flexibility index (Phi) is 2.59. The summed E-state index contributed by atoms with van der Waals surface area (Å²) in [6.07, 6.45) is 1.60. The molecule has 74 valence electrons. The maximum absolute atomic E-state index is 11.2. The summed E-state index contributed by atoms with van der Waals surface area (Å²) in [6.45, 7) is 5.83. The van der Waals surface area contributed by atoms with Gasteiger partial charge < -0.3 is 5.11 Å². The van der Waals surface area contributed by atoms with Gasteiger partial charge in [-0.3, -0.25) is 4.79 Å². The van der Waals surface area contributed by atoms with Crippen molar-refractivity contribution in [3.05, 3.63) is 10.6 Å². The molecule has 1 saturated carbocycles. The number of halogens is 1. The van der Waals surface area contributed by atoms with Gasteiger partial charge in [-0.05, 0) is 24.8 Å². The summed E-state index contributed by atoms with van der Waals surface area (Å²) in [5.74, 6) is -0.693. The quantitative estimate of drug-likeness (QED) is 0.772. The highest BCUT2D eigenvalue weighted by molar-refractivity contribution is 9.11. The molecule has 1 aliphatic carbocycles. The number of rotatable bonds is 1. The van der Waals surface area contributed by atoms with Crippen molar-refractivity contribution < 1.29 is 9.90 Å². The highest BCUT2D eigenvalue weighted by Gasteiger charge is 2.53. The lowest BCUT2D eigenvalue weighted by Gasteiger charge is -2.35. The number of hydrogen-bond acceptors (Lipinski definition) is 1. The second-order valence-corrected chi connectivity index (χ2v) is 4.85. The van der Waals surface area contributed by atoms with Gasteiger partial charge in [0.05, 0.1) is 5.41 Å². The zero-order valence-electron chi connectivity index (χ0n) is 8.22. The lowest BCUT2D eigenvalue weighted by Crippen LogP contribution is -2.38. The van der Waals surface area contributed by atoms with Crippen LogP contribution < -0.4 is 0 Å². The highest BCUT2D eigenvalue weighted by Crippen LogP contribution is 2.55. The van der Waals surface area contributed by atoms with E-state index in [0.717, 1.165) is 12.8 Å². The van der Waals surface area contributed by atoms with Crippen LogP contribution in [0.25, 0.3) is 0 Å². The minimum absolute atomic E-state index is 0.248. The normalized spacial score (nSPS) is 35.2. The third kappa shape index (κ3) is 1.33. The molecule has 0 spiro atoms. The van der Waals surface area contributed by atoms with E-state index < -0.39 is 11.4 Å². The fraction of sp³-hybridized carbons (Fsp3) is 0.700. The van der Waals surface area contributed by atoms with E-state index in [1.165, 1.54) is 5.57 Å². The fourth-order valence-electron chi connectivity index (χ4n) is 1.93. The molecule has 0 amide bonds. The minimum Gasteiger partial charge on any atom is -0.481 e. The number of aliphatic carboxylic acids is 1. The van der Waals surface area contributed by atoms with Crippen LogP contribution in [-0.2, 0) is 4.79 Å². The van der Waals surface area contributed by atoms with Crippen molar-refractivity contribution >= 4 is 21.9 Å². The van der Waals surface area contributed by atoms with Gasteiger partial charge in [-0.2, -0.15) is 0 Å². The van der Waals surface area contributed by atoms with Crippen molar-refractivity contribution in [1.82, 2.24) is 0 Å². The largest absolute Gasteiger partial charge is 0.481 e. The maximum Gasteiger partial charge on any atom is 0.310 e. The van der Waals surface area contributed by atoms with E-state index in [-0.39, 0.29) is 5.41 Å². The van der Waals surface area contributed by atoms with E-state index in [0.29, 0.717) is 0 Å². The molecule has 0 heterocycles. The molecule has 2 nitrogen and oxygen atoms in total. The predicted molar refractivity (Wildman–Crippen MR) is 55.8 cm³/mol. The van der Waals surface area contributed by atoms with E-state index in [9.17, 15) is 9.90 Å². The maximum atomic E-state index is 11.2. The van der Waals surface area contributed by atoms with Crippen molar-refractivity contribution in [1.29, 1.82) is 0 Å². The van der Waals surface area contributed by atoms with Crippen molar-refractivity contribution in [3.8, 4) is 0 Å². The Bertz CT molecular complexity index is 268.